The van der Waals surface area contributed by atoms with Gasteiger partial charge in [0.1, 0.15) is 11.8 Å². The van der Waals surface area contributed by atoms with Crippen LogP contribution in [0.3, 0.4) is 0 Å². The molecule has 2 atom stereocenters. The second-order valence-electron chi connectivity index (χ2n) is 7.99. The largest absolute Gasteiger partial charge is 0.483 e. The fourth-order valence-corrected chi connectivity index (χ4v) is 4.21. The van der Waals surface area contributed by atoms with Gasteiger partial charge in [-0.2, -0.15) is 0 Å². The van der Waals surface area contributed by atoms with Crippen molar-refractivity contribution in [3.63, 3.8) is 0 Å². The fourth-order valence-electron chi connectivity index (χ4n) is 3.41. The van der Waals surface area contributed by atoms with Gasteiger partial charge in [0.25, 0.3) is 5.91 Å². The standard InChI is InChI=1S/C26H28BrClN2O3/c1-4-17(2)29-26(32)18(3)30(15-20-10-6-8-12-22(20)28)24(31)16-33-23-14-13-19-9-5-7-11-21(19)25(23)27/h5-14,17-18H,4,15-16H2,1-3H3,(H,29,32)/t17-,18+/m1/s1. The minimum atomic E-state index is -0.689. The van der Waals surface area contributed by atoms with E-state index < -0.39 is 6.04 Å². The van der Waals surface area contributed by atoms with Crippen molar-refractivity contribution in [1.82, 2.24) is 10.2 Å². The number of carbonyl (C=O) groups excluding carboxylic acids is 2. The normalized spacial score (nSPS) is 12.8. The molecule has 5 nitrogen and oxygen atoms in total. The summed E-state index contributed by atoms with van der Waals surface area (Å²) in [6.45, 7) is 5.65. The van der Waals surface area contributed by atoms with Crippen LogP contribution in [0.15, 0.2) is 65.1 Å². The van der Waals surface area contributed by atoms with Crippen LogP contribution in [0.4, 0.5) is 0 Å². The van der Waals surface area contributed by atoms with Crippen molar-refractivity contribution in [3.8, 4) is 5.75 Å². The average molecular weight is 532 g/mol. The maximum absolute atomic E-state index is 13.3. The second-order valence-corrected chi connectivity index (χ2v) is 9.19. The van der Waals surface area contributed by atoms with Crippen molar-refractivity contribution in [2.45, 2.75) is 45.8 Å². The summed E-state index contributed by atoms with van der Waals surface area (Å²) < 4.78 is 6.67. The molecular formula is C26H28BrClN2O3. The number of nitrogens with one attached hydrogen (secondary N) is 1. The van der Waals surface area contributed by atoms with Gasteiger partial charge in [-0.15, -0.1) is 0 Å². The predicted molar refractivity (Wildman–Crippen MR) is 137 cm³/mol. The summed E-state index contributed by atoms with van der Waals surface area (Å²) >= 11 is 9.93. The van der Waals surface area contributed by atoms with Gasteiger partial charge < -0.3 is 15.0 Å². The third-order valence-corrected chi connectivity index (χ3v) is 6.83. The molecule has 0 radical (unpaired) electrons. The van der Waals surface area contributed by atoms with E-state index in [1.54, 1.807) is 13.0 Å². The predicted octanol–water partition coefficient (Wildman–Crippen LogP) is 5.97. The highest BCUT2D eigenvalue weighted by atomic mass is 79.9. The van der Waals surface area contributed by atoms with Crippen LogP contribution in [0.5, 0.6) is 5.75 Å². The minimum Gasteiger partial charge on any atom is -0.483 e. The van der Waals surface area contributed by atoms with Crippen LogP contribution in [0.1, 0.15) is 32.8 Å². The summed E-state index contributed by atoms with van der Waals surface area (Å²) in [6.07, 6.45) is 0.802. The molecule has 0 aliphatic carbocycles. The first kappa shape index (κ1) is 25.1. The van der Waals surface area contributed by atoms with E-state index in [2.05, 4.69) is 21.2 Å². The lowest BCUT2D eigenvalue weighted by molar-refractivity contribution is -0.142. The highest BCUT2D eigenvalue weighted by molar-refractivity contribution is 9.10. The molecule has 2 amide bonds. The lowest BCUT2D eigenvalue weighted by atomic mass is 10.1. The van der Waals surface area contributed by atoms with Crippen molar-refractivity contribution in [1.29, 1.82) is 0 Å². The van der Waals surface area contributed by atoms with Crippen LogP contribution < -0.4 is 10.1 Å². The number of fused-ring (bicyclic) bond motifs is 1. The van der Waals surface area contributed by atoms with Crippen molar-refractivity contribution < 1.29 is 14.3 Å². The van der Waals surface area contributed by atoms with Crippen LogP contribution in [0.25, 0.3) is 10.8 Å². The zero-order valence-corrected chi connectivity index (χ0v) is 21.3. The van der Waals surface area contributed by atoms with Gasteiger partial charge in [-0.25, -0.2) is 0 Å². The van der Waals surface area contributed by atoms with Crippen molar-refractivity contribution in [2.75, 3.05) is 6.61 Å². The molecule has 3 aromatic carbocycles. The quantitative estimate of drug-likeness (QED) is 0.370. The molecule has 0 unspecified atom stereocenters. The molecule has 174 valence electrons. The van der Waals surface area contributed by atoms with Crippen LogP contribution in [0.2, 0.25) is 5.02 Å². The van der Waals surface area contributed by atoms with E-state index in [1.807, 2.05) is 68.4 Å². The summed E-state index contributed by atoms with van der Waals surface area (Å²) in [5, 5.41) is 5.56. The molecule has 0 heterocycles. The molecule has 33 heavy (non-hydrogen) atoms. The molecule has 0 aliphatic rings. The molecule has 7 heteroatoms. The number of amides is 2. The third kappa shape index (κ3) is 6.27. The van der Waals surface area contributed by atoms with E-state index in [0.29, 0.717) is 10.8 Å². The number of benzene rings is 3. The highest BCUT2D eigenvalue weighted by Gasteiger charge is 2.27. The van der Waals surface area contributed by atoms with Crippen molar-refractivity contribution in [2.24, 2.45) is 0 Å². The van der Waals surface area contributed by atoms with Gasteiger partial charge in [0.2, 0.25) is 5.91 Å². The Labute approximate surface area is 208 Å². The number of ether oxygens (including phenoxy) is 1. The van der Waals surface area contributed by atoms with E-state index in [4.69, 9.17) is 16.3 Å². The smallest absolute Gasteiger partial charge is 0.261 e. The zero-order valence-electron chi connectivity index (χ0n) is 19.0. The molecule has 0 aliphatic heterocycles. The Balaban J connectivity index is 1.80. The molecule has 3 aromatic rings. The second kappa shape index (κ2) is 11.5. The maximum atomic E-state index is 13.3. The highest BCUT2D eigenvalue weighted by Crippen LogP contribution is 2.33. The van der Waals surface area contributed by atoms with Gasteiger partial charge in [0.05, 0.1) is 4.47 Å². The third-order valence-electron chi connectivity index (χ3n) is 5.65. The molecule has 0 spiro atoms. The fraction of sp³-hybridized carbons (Fsp3) is 0.308. The van der Waals surface area contributed by atoms with Crippen LogP contribution in [-0.4, -0.2) is 35.4 Å². The van der Waals surface area contributed by atoms with E-state index in [0.717, 1.165) is 27.2 Å². The number of halogens is 2. The number of hydrogen-bond acceptors (Lipinski definition) is 3. The van der Waals surface area contributed by atoms with Crippen LogP contribution in [-0.2, 0) is 16.1 Å². The Morgan fingerprint density at radius 2 is 1.76 bits per heavy atom. The summed E-state index contributed by atoms with van der Waals surface area (Å²) in [6, 6.07) is 18.3. The van der Waals surface area contributed by atoms with Gasteiger partial charge in [0, 0.05) is 17.6 Å². The average Bonchev–Trinajstić information content (AvgIpc) is 2.82. The summed E-state index contributed by atoms with van der Waals surface area (Å²) in [4.78, 5) is 27.6. The number of carbonyl (C=O) groups is 2. The zero-order chi connectivity index (χ0) is 24.0. The molecule has 1 N–H and O–H groups in total. The number of hydrogen-bond donors (Lipinski definition) is 1. The summed E-state index contributed by atoms with van der Waals surface area (Å²) in [5.74, 6) is 0.0508. The van der Waals surface area contributed by atoms with E-state index >= 15 is 0 Å². The first-order valence-electron chi connectivity index (χ1n) is 10.9. The van der Waals surface area contributed by atoms with Crippen molar-refractivity contribution in [3.05, 3.63) is 75.7 Å². The molecule has 0 saturated heterocycles. The maximum Gasteiger partial charge on any atom is 0.261 e. The topological polar surface area (TPSA) is 58.6 Å². The Bertz CT molecular complexity index is 1140. The first-order chi connectivity index (χ1) is 15.8. The van der Waals surface area contributed by atoms with Gasteiger partial charge in [-0.1, -0.05) is 67.1 Å². The minimum absolute atomic E-state index is 0.0158. The molecule has 0 bridgehead atoms. The van der Waals surface area contributed by atoms with E-state index in [1.165, 1.54) is 4.90 Å². The van der Waals surface area contributed by atoms with Crippen LogP contribution in [0, 0.1) is 0 Å². The Morgan fingerprint density at radius 3 is 2.48 bits per heavy atom. The molecule has 0 fully saturated rings. The number of nitrogens with zero attached hydrogens (tertiary/aromatic N) is 1. The van der Waals surface area contributed by atoms with Crippen LogP contribution >= 0.6 is 27.5 Å². The van der Waals surface area contributed by atoms with E-state index in [9.17, 15) is 9.59 Å². The van der Waals surface area contributed by atoms with E-state index in [-0.39, 0.29) is 31.0 Å². The van der Waals surface area contributed by atoms with Crippen molar-refractivity contribution >= 4 is 50.1 Å². The molecule has 0 aromatic heterocycles. The lowest BCUT2D eigenvalue weighted by Crippen LogP contribution is -2.50. The number of rotatable bonds is 9. The summed E-state index contributed by atoms with van der Waals surface area (Å²) in [5.41, 5.74) is 0.766. The Kier molecular flexibility index (Phi) is 8.75. The van der Waals surface area contributed by atoms with Gasteiger partial charge >= 0.3 is 0 Å². The lowest BCUT2D eigenvalue weighted by Gasteiger charge is -2.30. The van der Waals surface area contributed by atoms with Gasteiger partial charge in [-0.05, 0) is 64.7 Å². The monoisotopic (exact) mass is 530 g/mol. The molecule has 3 rings (SSSR count). The first-order valence-corrected chi connectivity index (χ1v) is 12.1. The molecule has 0 saturated carbocycles. The van der Waals surface area contributed by atoms with Gasteiger partial charge in [0.15, 0.2) is 6.61 Å². The Hall–Kier alpha value is -2.57. The SMILES string of the molecule is CC[C@@H](C)NC(=O)[C@H](C)N(Cc1ccccc1Cl)C(=O)COc1ccc2ccccc2c1Br. The molecular weight excluding hydrogens is 504 g/mol. The Morgan fingerprint density at radius 1 is 1.06 bits per heavy atom. The van der Waals surface area contributed by atoms with Gasteiger partial charge in [-0.3, -0.25) is 9.59 Å². The summed E-state index contributed by atoms with van der Waals surface area (Å²) in [7, 11) is 0.